The third-order valence-electron chi connectivity index (χ3n) is 3.01. The molecule has 0 heterocycles. The molecule has 21 heavy (non-hydrogen) atoms. The fourth-order valence-electron chi connectivity index (χ4n) is 1.97. The van der Waals surface area contributed by atoms with Gasteiger partial charge in [0.15, 0.2) is 0 Å². The van der Waals surface area contributed by atoms with E-state index in [1.807, 2.05) is 36.4 Å². The van der Waals surface area contributed by atoms with Gasteiger partial charge in [0.1, 0.15) is 5.75 Å². The number of nitrogens with one attached hydrogen (secondary N) is 1. The third kappa shape index (κ3) is 4.07. The standard InChI is InChI=1S/C17H16INO2/c1-3-4-12-11-13(5-10-16(12)21-2)17(20)19-15-8-6-14(18)7-9-15/h3,5-11H,1,4H2,2H3,(H,19,20). The quantitative estimate of drug-likeness (QED) is 0.609. The summed E-state index contributed by atoms with van der Waals surface area (Å²) in [6.45, 7) is 3.73. The fourth-order valence-corrected chi connectivity index (χ4v) is 2.33. The van der Waals surface area contributed by atoms with Crippen LogP contribution in [0.2, 0.25) is 0 Å². The van der Waals surface area contributed by atoms with Crippen LogP contribution in [-0.4, -0.2) is 13.0 Å². The van der Waals surface area contributed by atoms with Crippen LogP contribution in [0.25, 0.3) is 0 Å². The van der Waals surface area contributed by atoms with Gasteiger partial charge in [-0.2, -0.15) is 0 Å². The largest absolute Gasteiger partial charge is 0.496 e. The molecule has 2 rings (SSSR count). The lowest BCUT2D eigenvalue weighted by molar-refractivity contribution is 0.102. The van der Waals surface area contributed by atoms with Gasteiger partial charge in [-0.05, 0) is 77.0 Å². The molecular formula is C17H16INO2. The lowest BCUT2D eigenvalue weighted by atomic mass is 10.1. The first kappa shape index (κ1) is 15.6. The minimum atomic E-state index is -0.135. The van der Waals surface area contributed by atoms with Crippen molar-refractivity contribution in [3.05, 3.63) is 69.8 Å². The molecule has 4 heteroatoms. The maximum atomic E-state index is 12.3. The molecule has 0 aromatic heterocycles. The van der Waals surface area contributed by atoms with E-state index in [4.69, 9.17) is 4.74 Å². The molecule has 2 aromatic rings. The zero-order valence-corrected chi connectivity index (χ0v) is 13.9. The Morgan fingerprint density at radius 1 is 1.29 bits per heavy atom. The molecule has 0 spiro atoms. The predicted molar refractivity (Wildman–Crippen MR) is 94.0 cm³/mol. The van der Waals surface area contributed by atoms with Gasteiger partial charge in [-0.15, -0.1) is 6.58 Å². The van der Waals surface area contributed by atoms with Crippen molar-refractivity contribution in [3.8, 4) is 5.75 Å². The Hall–Kier alpha value is -1.82. The van der Waals surface area contributed by atoms with Crippen LogP contribution in [-0.2, 0) is 6.42 Å². The molecule has 0 saturated heterocycles. The second kappa shape index (κ2) is 7.26. The number of hydrogen-bond acceptors (Lipinski definition) is 2. The van der Waals surface area contributed by atoms with Crippen LogP contribution < -0.4 is 10.1 Å². The summed E-state index contributed by atoms with van der Waals surface area (Å²) in [7, 11) is 1.62. The Morgan fingerprint density at radius 2 is 2.00 bits per heavy atom. The summed E-state index contributed by atoms with van der Waals surface area (Å²) < 4.78 is 6.41. The van der Waals surface area contributed by atoms with Crippen molar-refractivity contribution in [1.82, 2.24) is 0 Å². The van der Waals surface area contributed by atoms with Crippen molar-refractivity contribution in [3.63, 3.8) is 0 Å². The molecule has 1 N–H and O–H groups in total. The van der Waals surface area contributed by atoms with Crippen LogP contribution in [0.1, 0.15) is 15.9 Å². The monoisotopic (exact) mass is 393 g/mol. The van der Waals surface area contributed by atoms with E-state index in [2.05, 4.69) is 34.5 Å². The molecule has 0 aliphatic heterocycles. The number of hydrogen-bond donors (Lipinski definition) is 1. The van der Waals surface area contributed by atoms with E-state index in [0.717, 1.165) is 20.6 Å². The molecule has 3 nitrogen and oxygen atoms in total. The Labute approximate surface area is 138 Å². The molecular weight excluding hydrogens is 377 g/mol. The van der Waals surface area contributed by atoms with E-state index < -0.39 is 0 Å². The van der Waals surface area contributed by atoms with Gasteiger partial charge in [0.2, 0.25) is 0 Å². The van der Waals surface area contributed by atoms with Gasteiger partial charge in [0, 0.05) is 14.8 Å². The molecule has 0 atom stereocenters. The molecule has 0 aliphatic rings. The SMILES string of the molecule is C=CCc1cc(C(=O)Nc2ccc(I)cc2)ccc1OC. The van der Waals surface area contributed by atoms with Gasteiger partial charge < -0.3 is 10.1 Å². The van der Waals surface area contributed by atoms with Crippen LogP contribution >= 0.6 is 22.6 Å². The number of carbonyl (C=O) groups is 1. The lowest BCUT2D eigenvalue weighted by Gasteiger charge is -2.10. The number of methoxy groups -OCH3 is 1. The average Bonchev–Trinajstić information content (AvgIpc) is 2.50. The Kier molecular flexibility index (Phi) is 5.38. The molecule has 108 valence electrons. The highest BCUT2D eigenvalue weighted by molar-refractivity contribution is 14.1. The van der Waals surface area contributed by atoms with Gasteiger partial charge in [-0.25, -0.2) is 0 Å². The second-order valence-corrected chi connectivity index (χ2v) is 5.73. The van der Waals surface area contributed by atoms with Crippen LogP contribution in [0, 0.1) is 3.57 Å². The van der Waals surface area contributed by atoms with Crippen LogP contribution in [0.15, 0.2) is 55.1 Å². The second-order valence-electron chi connectivity index (χ2n) is 4.48. The number of halogens is 1. The highest BCUT2D eigenvalue weighted by Crippen LogP contribution is 2.21. The van der Waals surface area contributed by atoms with Gasteiger partial charge in [-0.1, -0.05) is 6.08 Å². The first-order valence-corrected chi connectivity index (χ1v) is 7.56. The topological polar surface area (TPSA) is 38.3 Å². The van der Waals surface area contributed by atoms with Crippen molar-refractivity contribution in [2.24, 2.45) is 0 Å². The zero-order chi connectivity index (χ0) is 15.2. The summed E-state index contributed by atoms with van der Waals surface area (Å²) in [6.07, 6.45) is 2.45. The maximum absolute atomic E-state index is 12.3. The summed E-state index contributed by atoms with van der Waals surface area (Å²) in [5, 5.41) is 2.88. The van der Waals surface area contributed by atoms with Crippen molar-refractivity contribution < 1.29 is 9.53 Å². The van der Waals surface area contributed by atoms with Gasteiger partial charge in [-0.3, -0.25) is 4.79 Å². The van der Waals surface area contributed by atoms with E-state index in [1.54, 1.807) is 19.3 Å². The third-order valence-corrected chi connectivity index (χ3v) is 3.73. The van der Waals surface area contributed by atoms with Crippen molar-refractivity contribution in [2.75, 3.05) is 12.4 Å². The smallest absolute Gasteiger partial charge is 0.255 e. The Morgan fingerprint density at radius 3 is 2.62 bits per heavy atom. The van der Waals surface area contributed by atoms with Crippen molar-refractivity contribution in [1.29, 1.82) is 0 Å². The van der Waals surface area contributed by atoms with Crippen LogP contribution in [0.5, 0.6) is 5.75 Å². The van der Waals surface area contributed by atoms with Gasteiger partial charge in [0.05, 0.1) is 7.11 Å². The molecule has 2 aromatic carbocycles. The highest BCUT2D eigenvalue weighted by Gasteiger charge is 2.10. The molecule has 0 aliphatic carbocycles. The number of amides is 1. The zero-order valence-electron chi connectivity index (χ0n) is 11.7. The summed E-state index contributed by atoms with van der Waals surface area (Å²) in [6, 6.07) is 13.1. The molecule has 0 unspecified atom stereocenters. The summed E-state index contributed by atoms with van der Waals surface area (Å²) >= 11 is 2.23. The van der Waals surface area contributed by atoms with E-state index in [9.17, 15) is 4.79 Å². The molecule has 0 saturated carbocycles. The van der Waals surface area contributed by atoms with E-state index in [-0.39, 0.29) is 5.91 Å². The normalized spacial score (nSPS) is 10.0. The molecule has 0 bridgehead atoms. The maximum Gasteiger partial charge on any atom is 0.255 e. The van der Waals surface area contributed by atoms with Crippen LogP contribution in [0.3, 0.4) is 0 Å². The van der Waals surface area contributed by atoms with Crippen molar-refractivity contribution in [2.45, 2.75) is 6.42 Å². The summed E-state index contributed by atoms with van der Waals surface area (Å²) in [5.41, 5.74) is 2.33. The van der Waals surface area contributed by atoms with Gasteiger partial charge in [0.25, 0.3) is 5.91 Å². The number of ether oxygens (including phenoxy) is 1. The number of allylic oxidation sites excluding steroid dienone is 1. The first-order valence-electron chi connectivity index (χ1n) is 6.48. The lowest BCUT2D eigenvalue weighted by Crippen LogP contribution is -2.12. The minimum absolute atomic E-state index is 0.135. The Bertz CT molecular complexity index is 650. The number of benzene rings is 2. The molecule has 1 amide bonds. The molecule has 0 radical (unpaired) electrons. The number of rotatable bonds is 5. The highest BCUT2D eigenvalue weighted by atomic mass is 127. The fraction of sp³-hybridized carbons (Fsp3) is 0.118. The van der Waals surface area contributed by atoms with E-state index >= 15 is 0 Å². The number of anilines is 1. The van der Waals surface area contributed by atoms with Crippen LogP contribution in [0.4, 0.5) is 5.69 Å². The minimum Gasteiger partial charge on any atom is -0.496 e. The average molecular weight is 393 g/mol. The first-order chi connectivity index (χ1) is 10.1. The molecule has 0 fully saturated rings. The Balaban J connectivity index is 2.20. The van der Waals surface area contributed by atoms with Crippen molar-refractivity contribution >= 4 is 34.2 Å². The van der Waals surface area contributed by atoms with E-state index in [1.165, 1.54) is 0 Å². The summed E-state index contributed by atoms with van der Waals surface area (Å²) in [5.74, 6) is 0.630. The predicted octanol–water partition coefficient (Wildman–Crippen LogP) is 4.28. The van der Waals surface area contributed by atoms with Gasteiger partial charge >= 0.3 is 0 Å². The van der Waals surface area contributed by atoms with E-state index in [0.29, 0.717) is 12.0 Å². The summed E-state index contributed by atoms with van der Waals surface area (Å²) in [4.78, 5) is 12.3. The number of carbonyl (C=O) groups excluding carboxylic acids is 1.